The summed E-state index contributed by atoms with van der Waals surface area (Å²) in [6, 6.07) is 13.9. The Balaban J connectivity index is 2.08. The van der Waals surface area contributed by atoms with Crippen LogP contribution in [0.5, 0.6) is 11.5 Å². The molecule has 0 atom stereocenters. The van der Waals surface area contributed by atoms with Crippen molar-refractivity contribution in [2.24, 2.45) is 11.7 Å². The number of primary amides is 1. The molecule has 154 valence electrons. The van der Waals surface area contributed by atoms with Gasteiger partial charge in [-0.25, -0.2) is 0 Å². The molecule has 6 nitrogen and oxygen atoms in total. The molecule has 2 aromatic carbocycles. The van der Waals surface area contributed by atoms with Crippen LogP contribution in [-0.4, -0.2) is 24.5 Å². The highest BCUT2D eigenvalue weighted by Gasteiger charge is 2.12. The van der Waals surface area contributed by atoms with E-state index >= 15 is 0 Å². The molecule has 0 aliphatic heterocycles. The molecule has 0 saturated carbocycles. The van der Waals surface area contributed by atoms with Crippen LogP contribution in [-0.2, 0) is 4.79 Å². The van der Waals surface area contributed by atoms with E-state index in [1.165, 1.54) is 6.08 Å². The molecule has 0 unspecified atom stereocenters. The normalized spacial score (nSPS) is 11.4. The van der Waals surface area contributed by atoms with Gasteiger partial charge in [0, 0.05) is 5.56 Å². The molecule has 2 aromatic rings. The average Bonchev–Trinajstić information content (AvgIpc) is 2.67. The summed E-state index contributed by atoms with van der Waals surface area (Å²) >= 11 is 0. The molecule has 2 amide bonds. The molecular formula is C23H28N2O4. The number of carbonyl (C=O) groups is 2. The fourth-order valence-electron chi connectivity index (χ4n) is 2.41. The molecule has 0 heterocycles. The molecule has 2 rings (SSSR count). The van der Waals surface area contributed by atoms with Crippen molar-refractivity contribution in [2.45, 2.75) is 33.8 Å². The maximum absolute atomic E-state index is 12.5. The minimum atomic E-state index is -0.724. The first-order chi connectivity index (χ1) is 13.7. The zero-order valence-electron chi connectivity index (χ0n) is 17.3. The number of hydrogen-bond donors (Lipinski definition) is 2. The highest BCUT2D eigenvalue weighted by atomic mass is 16.5. The van der Waals surface area contributed by atoms with Gasteiger partial charge in [-0.1, -0.05) is 26.0 Å². The summed E-state index contributed by atoms with van der Waals surface area (Å²) in [6.45, 7) is 8.60. The van der Waals surface area contributed by atoms with E-state index in [1.54, 1.807) is 48.5 Å². The van der Waals surface area contributed by atoms with Gasteiger partial charge in [-0.3, -0.25) is 9.59 Å². The lowest BCUT2D eigenvalue weighted by Gasteiger charge is -2.11. The van der Waals surface area contributed by atoms with Crippen molar-refractivity contribution < 1.29 is 19.1 Å². The fourth-order valence-corrected chi connectivity index (χ4v) is 2.41. The van der Waals surface area contributed by atoms with Crippen LogP contribution >= 0.6 is 0 Å². The summed E-state index contributed by atoms with van der Waals surface area (Å²) in [5, 5.41) is 2.57. The third-order valence-electron chi connectivity index (χ3n) is 3.78. The number of rotatable bonds is 9. The lowest BCUT2D eigenvalue weighted by atomic mass is 10.1. The molecule has 0 saturated heterocycles. The highest BCUT2D eigenvalue weighted by molar-refractivity contribution is 6.04. The fraction of sp³-hybridized carbons (Fsp3) is 0.304. The Morgan fingerprint density at radius 3 is 2.07 bits per heavy atom. The molecule has 0 spiro atoms. The average molecular weight is 396 g/mol. The minimum Gasteiger partial charge on any atom is -0.493 e. The quantitative estimate of drug-likeness (QED) is 0.632. The van der Waals surface area contributed by atoms with Crippen LogP contribution < -0.4 is 20.5 Å². The zero-order valence-corrected chi connectivity index (χ0v) is 17.3. The van der Waals surface area contributed by atoms with Crippen LogP contribution in [0, 0.1) is 5.92 Å². The van der Waals surface area contributed by atoms with Crippen LogP contribution in [0.15, 0.2) is 54.2 Å². The largest absolute Gasteiger partial charge is 0.493 e. The van der Waals surface area contributed by atoms with Crippen LogP contribution in [0.1, 0.15) is 43.6 Å². The lowest BCUT2D eigenvalue weighted by molar-refractivity contribution is -0.114. The second-order valence-corrected chi connectivity index (χ2v) is 7.34. The first-order valence-electron chi connectivity index (χ1n) is 9.57. The maximum Gasteiger partial charge on any atom is 0.265 e. The SMILES string of the molecule is CC(C)COc1ccc(C(=O)N/C(=C\c2ccc(OC(C)C)cc2)C(N)=O)cc1. The van der Waals surface area contributed by atoms with Crippen molar-refractivity contribution in [2.75, 3.05) is 6.61 Å². The van der Waals surface area contributed by atoms with Gasteiger partial charge in [0.2, 0.25) is 0 Å². The zero-order chi connectivity index (χ0) is 21.4. The third-order valence-corrected chi connectivity index (χ3v) is 3.78. The Hall–Kier alpha value is -3.28. The number of hydrogen-bond acceptors (Lipinski definition) is 4. The Bertz CT molecular complexity index is 853. The summed E-state index contributed by atoms with van der Waals surface area (Å²) in [5.41, 5.74) is 6.55. The standard InChI is InChI=1S/C23H28N2O4/c1-15(2)14-28-19-11-7-18(8-12-19)23(27)25-21(22(24)26)13-17-5-9-20(10-6-17)29-16(3)4/h5-13,15-16H,14H2,1-4H3,(H2,24,26)(H,25,27)/b21-13-. The summed E-state index contributed by atoms with van der Waals surface area (Å²) in [6.07, 6.45) is 1.60. The molecule has 29 heavy (non-hydrogen) atoms. The maximum atomic E-state index is 12.5. The topological polar surface area (TPSA) is 90.7 Å². The first-order valence-corrected chi connectivity index (χ1v) is 9.57. The third kappa shape index (κ3) is 7.33. The van der Waals surface area contributed by atoms with E-state index in [4.69, 9.17) is 15.2 Å². The van der Waals surface area contributed by atoms with Crippen LogP contribution in [0.3, 0.4) is 0 Å². The number of nitrogens with one attached hydrogen (secondary N) is 1. The number of benzene rings is 2. The summed E-state index contributed by atoms with van der Waals surface area (Å²) < 4.78 is 11.2. The van der Waals surface area contributed by atoms with E-state index in [0.29, 0.717) is 29.4 Å². The number of nitrogens with two attached hydrogens (primary N) is 1. The minimum absolute atomic E-state index is 0.00709. The smallest absolute Gasteiger partial charge is 0.265 e. The van der Waals surface area contributed by atoms with Gasteiger partial charge in [0.1, 0.15) is 17.2 Å². The van der Waals surface area contributed by atoms with Gasteiger partial charge < -0.3 is 20.5 Å². The van der Waals surface area contributed by atoms with Gasteiger partial charge in [0.05, 0.1) is 12.7 Å². The second kappa shape index (κ2) is 10.3. The molecule has 6 heteroatoms. The number of carbonyl (C=O) groups excluding carboxylic acids is 2. The molecule has 0 aliphatic carbocycles. The highest BCUT2D eigenvalue weighted by Crippen LogP contribution is 2.16. The van der Waals surface area contributed by atoms with E-state index in [0.717, 1.165) is 5.75 Å². The van der Waals surface area contributed by atoms with Crippen molar-refractivity contribution in [3.8, 4) is 11.5 Å². The van der Waals surface area contributed by atoms with E-state index in [9.17, 15) is 9.59 Å². The van der Waals surface area contributed by atoms with Gasteiger partial charge in [0.25, 0.3) is 11.8 Å². The lowest BCUT2D eigenvalue weighted by Crippen LogP contribution is -2.31. The van der Waals surface area contributed by atoms with Crippen molar-refractivity contribution in [3.05, 3.63) is 65.4 Å². The number of amides is 2. The molecule has 3 N–H and O–H groups in total. The summed E-state index contributed by atoms with van der Waals surface area (Å²) in [7, 11) is 0. The van der Waals surface area contributed by atoms with Gasteiger partial charge in [0.15, 0.2) is 0 Å². The molecule has 0 bridgehead atoms. The van der Waals surface area contributed by atoms with Gasteiger partial charge in [-0.05, 0) is 67.8 Å². The van der Waals surface area contributed by atoms with Crippen molar-refractivity contribution in [3.63, 3.8) is 0 Å². The summed E-state index contributed by atoms with van der Waals surface area (Å²) in [4.78, 5) is 24.3. The Kier molecular flexibility index (Phi) is 7.83. The molecule has 0 radical (unpaired) electrons. The number of ether oxygens (including phenoxy) is 2. The Labute approximate surface area is 171 Å². The van der Waals surface area contributed by atoms with E-state index in [2.05, 4.69) is 19.2 Å². The predicted molar refractivity (Wildman–Crippen MR) is 114 cm³/mol. The van der Waals surface area contributed by atoms with Gasteiger partial charge in [-0.2, -0.15) is 0 Å². The van der Waals surface area contributed by atoms with Crippen molar-refractivity contribution >= 4 is 17.9 Å². The van der Waals surface area contributed by atoms with Crippen LogP contribution in [0.4, 0.5) is 0 Å². The van der Waals surface area contributed by atoms with Crippen LogP contribution in [0.25, 0.3) is 6.08 Å². The van der Waals surface area contributed by atoms with E-state index in [1.807, 2.05) is 13.8 Å². The van der Waals surface area contributed by atoms with Crippen molar-refractivity contribution in [1.29, 1.82) is 0 Å². The summed E-state index contributed by atoms with van der Waals surface area (Å²) in [5.74, 6) is 0.668. The molecule has 0 aromatic heterocycles. The Morgan fingerprint density at radius 2 is 1.55 bits per heavy atom. The Morgan fingerprint density at radius 1 is 0.966 bits per heavy atom. The monoisotopic (exact) mass is 396 g/mol. The first kappa shape index (κ1) is 22.0. The molecular weight excluding hydrogens is 368 g/mol. The van der Waals surface area contributed by atoms with Gasteiger partial charge >= 0.3 is 0 Å². The second-order valence-electron chi connectivity index (χ2n) is 7.34. The van der Waals surface area contributed by atoms with Gasteiger partial charge in [-0.15, -0.1) is 0 Å². The van der Waals surface area contributed by atoms with Crippen LogP contribution in [0.2, 0.25) is 0 Å². The van der Waals surface area contributed by atoms with E-state index < -0.39 is 11.8 Å². The molecule has 0 fully saturated rings. The molecule has 0 aliphatic rings. The predicted octanol–water partition coefficient (Wildman–Crippen LogP) is 3.76. The van der Waals surface area contributed by atoms with Crippen molar-refractivity contribution in [1.82, 2.24) is 5.32 Å². The van der Waals surface area contributed by atoms with E-state index in [-0.39, 0.29) is 11.8 Å².